The predicted octanol–water partition coefficient (Wildman–Crippen LogP) is 4.07. The van der Waals surface area contributed by atoms with E-state index in [-0.39, 0.29) is 11.3 Å². The van der Waals surface area contributed by atoms with Gasteiger partial charge in [0.25, 0.3) is 0 Å². The molecule has 1 aromatic carbocycles. The summed E-state index contributed by atoms with van der Waals surface area (Å²) in [6.07, 6.45) is 4.59. The second-order valence-corrected chi connectivity index (χ2v) is 10.1. The molecular formula is C26H37N5O3. The van der Waals surface area contributed by atoms with Crippen LogP contribution in [0.15, 0.2) is 33.5 Å². The molecule has 1 unspecified atom stereocenters. The maximum atomic E-state index is 13.5. The van der Waals surface area contributed by atoms with Gasteiger partial charge in [-0.2, -0.15) is 10.2 Å². The number of hydrogen-bond donors (Lipinski definition) is 2. The van der Waals surface area contributed by atoms with Gasteiger partial charge in [0.2, 0.25) is 5.91 Å². The second kappa shape index (κ2) is 11.0. The summed E-state index contributed by atoms with van der Waals surface area (Å²) in [6.45, 7) is 11.2. The molecule has 0 aliphatic carbocycles. The molecule has 8 heteroatoms. The molecule has 3 rings (SSSR count). The molecule has 2 N–H and O–H groups in total. The minimum Gasteiger partial charge on any atom is -0.408 e. The van der Waals surface area contributed by atoms with Gasteiger partial charge in [-0.3, -0.25) is 4.79 Å². The number of hydrogen-bond acceptors (Lipinski definition) is 7. The zero-order valence-corrected chi connectivity index (χ0v) is 20.8. The predicted molar refractivity (Wildman–Crippen MR) is 133 cm³/mol. The molecule has 0 bridgehead atoms. The lowest BCUT2D eigenvalue weighted by atomic mass is 9.83. The Morgan fingerprint density at radius 2 is 2.00 bits per heavy atom. The van der Waals surface area contributed by atoms with Crippen LogP contribution in [-0.2, 0) is 4.79 Å². The molecule has 1 amide bonds. The summed E-state index contributed by atoms with van der Waals surface area (Å²) in [5, 5.41) is 16.9. The largest absolute Gasteiger partial charge is 0.441 e. The third kappa shape index (κ3) is 6.35. The van der Waals surface area contributed by atoms with Crippen LogP contribution >= 0.6 is 0 Å². The number of benzene rings is 1. The van der Waals surface area contributed by atoms with Crippen molar-refractivity contribution < 1.29 is 9.21 Å². The van der Waals surface area contributed by atoms with Gasteiger partial charge in [-0.05, 0) is 56.2 Å². The molecule has 2 heterocycles. The molecule has 2 aromatic rings. The summed E-state index contributed by atoms with van der Waals surface area (Å²) in [5.74, 6) is -0.632. The van der Waals surface area contributed by atoms with Crippen molar-refractivity contribution >= 4 is 22.7 Å². The summed E-state index contributed by atoms with van der Waals surface area (Å²) >= 11 is 0. The fourth-order valence-electron chi connectivity index (χ4n) is 4.34. The molecule has 1 aromatic heterocycles. The smallest absolute Gasteiger partial charge is 0.408 e. The number of anilines is 1. The Bertz CT molecular complexity index is 1080. The van der Waals surface area contributed by atoms with E-state index in [9.17, 15) is 14.9 Å². The van der Waals surface area contributed by atoms with E-state index in [4.69, 9.17) is 4.42 Å². The van der Waals surface area contributed by atoms with E-state index >= 15 is 0 Å². The van der Waals surface area contributed by atoms with Crippen molar-refractivity contribution in [1.82, 2.24) is 15.2 Å². The van der Waals surface area contributed by atoms with Crippen LogP contribution in [0.5, 0.6) is 0 Å². The normalized spacial score (nSPS) is 17.1. The highest BCUT2D eigenvalue weighted by molar-refractivity contribution is 5.91. The molecule has 8 nitrogen and oxygen atoms in total. The first-order valence-corrected chi connectivity index (χ1v) is 12.3. The highest BCUT2D eigenvalue weighted by atomic mass is 16.4. The van der Waals surface area contributed by atoms with Gasteiger partial charge in [0.05, 0.1) is 11.5 Å². The van der Waals surface area contributed by atoms with Crippen molar-refractivity contribution in [3.05, 3.63) is 34.8 Å². The fraction of sp³-hybridized carbons (Fsp3) is 0.615. The van der Waals surface area contributed by atoms with Crippen molar-refractivity contribution in [1.29, 1.82) is 5.26 Å². The zero-order valence-electron chi connectivity index (χ0n) is 20.8. The molecule has 0 spiro atoms. The van der Waals surface area contributed by atoms with Crippen LogP contribution < -0.4 is 16.4 Å². The number of aromatic nitrogens is 1. The van der Waals surface area contributed by atoms with Gasteiger partial charge in [0.1, 0.15) is 23.0 Å². The standard InChI is InChI=1S/C26H37N5O3/c1-5-15-31-16-13-26(18-27,14-17-31)30-23(32)20(11-12-25(3,4)6-2)28-22-19-9-7-8-10-21(19)34-24(33)29-22/h7-10,20H,5-6,11-17H2,1-4H3,(H,30,32)(H,28,29,33). The number of fused-ring (bicyclic) bond motifs is 1. The molecule has 1 aliphatic heterocycles. The number of nitrogens with one attached hydrogen (secondary N) is 2. The van der Waals surface area contributed by atoms with E-state index < -0.39 is 17.3 Å². The highest BCUT2D eigenvalue weighted by Gasteiger charge is 2.38. The summed E-state index contributed by atoms with van der Waals surface area (Å²) < 4.78 is 5.21. The summed E-state index contributed by atoms with van der Waals surface area (Å²) in [6, 6.07) is 8.87. The number of rotatable bonds is 10. The molecule has 0 radical (unpaired) electrons. The number of nitriles is 1. The van der Waals surface area contributed by atoms with E-state index in [0.29, 0.717) is 36.0 Å². The SMILES string of the molecule is CCCN1CCC(C#N)(NC(=O)C(CCC(C)(C)CC)Nc2nc(=O)oc3ccccc23)CC1. The quantitative estimate of drug-likeness (QED) is 0.542. The minimum atomic E-state index is -0.882. The van der Waals surface area contributed by atoms with Crippen molar-refractivity contribution in [2.75, 3.05) is 25.0 Å². The van der Waals surface area contributed by atoms with Gasteiger partial charge in [0, 0.05) is 13.1 Å². The summed E-state index contributed by atoms with van der Waals surface area (Å²) in [5.41, 5.74) is -0.411. The molecule has 1 saturated heterocycles. The first-order valence-electron chi connectivity index (χ1n) is 12.3. The van der Waals surface area contributed by atoms with Gasteiger partial charge in [-0.15, -0.1) is 0 Å². The van der Waals surface area contributed by atoms with Crippen molar-refractivity contribution in [3.63, 3.8) is 0 Å². The average molecular weight is 468 g/mol. The lowest BCUT2D eigenvalue weighted by molar-refractivity contribution is -0.124. The zero-order chi connectivity index (χ0) is 24.8. The monoisotopic (exact) mass is 467 g/mol. The topological polar surface area (TPSA) is 111 Å². The Kier molecular flexibility index (Phi) is 8.32. The maximum absolute atomic E-state index is 13.5. The Labute approximate surface area is 201 Å². The van der Waals surface area contributed by atoms with Crippen LogP contribution in [0.3, 0.4) is 0 Å². The van der Waals surface area contributed by atoms with Crippen molar-refractivity contribution in [3.8, 4) is 6.07 Å². The first kappa shape index (κ1) is 25.7. The van der Waals surface area contributed by atoms with E-state index in [2.05, 4.69) is 54.3 Å². The van der Waals surface area contributed by atoms with Gasteiger partial charge in [-0.25, -0.2) is 4.79 Å². The van der Waals surface area contributed by atoms with E-state index in [1.807, 2.05) is 6.07 Å². The number of nitrogens with zero attached hydrogens (tertiary/aromatic N) is 3. The van der Waals surface area contributed by atoms with Gasteiger partial charge in [0.15, 0.2) is 0 Å². The molecule has 1 aliphatic rings. The number of likely N-dealkylation sites (tertiary alicyclic amines) is 1. The Balaban J connectivity index is 1.84. The van der Waals surface area contributed by atoms with Crippen LogP contribution in [0.1, 0.15) is 66.2 Å². The van der Waals surface area contributed by atoms with Gasteiger partial charge in [-0.1, -0.05) is 46.2 Å². The summed E-state index contributed by atoms with van der Waals surface area (Å²) in [7, 11) is 0. The van der Waals surface area contributed by atoms with Crippen LogP contribution in [0.25, 0.3) is 11.0 Å². The van der Waals surface area contributed by atoms with Crippen LogP contribution in [0.2, 0.25) is 0 Å². The Morgan fingerprint density at radius 1 is 1.29 bits per heavy atom. The van der Waals surface area contributed by atoms with Crippen molar-refractivity contribution in [2.45, 2.75) is 77.8 Å². The second-order valence-electron chi connectivity index (χ2n) is 10.1. The Hall–Kier alpha value is -2.92. The van der Waals surface area contributed by atoms with Gasteiger partial charge >= 0.3 is 5.76 Å². The van der Waals surface area contributed by atoms with Crippen molar-refractivity contribution in [2.24, 2.45) is 5.41 Å². The van der Waals surface area contributed by atoms with Crippen LogP contribution in [0.4, 0.5) is 5.82 Å². The van der Waals surface area contributed by atoms with Crippen LogP contribution in [0, 0.1) is 16.7 Å². The molecule has 34 heavy (non-hydrogen) atoms. The van der Waals surface area contributed by atoms with Crippen LogP contribution in [-0.4, -0.2) is 47.0 Å². The fourth-order valence-corrected chi connectivity index (χ4v) is 4.34. The van der Waals surface area contributed by atoms with E-state index in [0.717, 1.165) is 38.9 Å². The van der Waals surface area contributed by atoms with E-state index in [1.165, 1.54) is 0 Å². The number of carbonyl (C=O) groups is 1. The average Bonchev–Trinajstić information content (AvgIpc) is 2.83. The number of piperidine rings is 1. The van der Waals surface area contributed by atoms with Gasteiger partial charge < -0.3 is 20.0 Å². The Morgan fingerprint density at radius 3 is 2.65 bits per heavy atom. The highest BCUT2D eigenvalue weighted by Crippen LogP contribution is 2.29. The first-order chi connectivity index (χ1) is 16.2. The molecule has 1 fully saturated rings. The molecule has 0 saturated carbocycles. The third-order valence-corrected chi connectivity index (χ3v) is 7.06. The summed E-state index contributed by atoms with van der Waals surface area (Å²) in [4.78, 5) is 31.9. The number of amides is 1. The third-order valence-electron chi connectivity index (χ3n) is 7.06. The number of carbonyl (C=O) groups excluding carboxylic acids is 1. The molecule has 184 valence electrons. The number of para-hydroxylation sites is 1. The molecule has 1 atom stereocenters. The molecular weight excluding hydrogens is 430 g/mol. The lowest BCUT2D eigenvalue weighted by Crippen LogP contribution is -2.57. The van der Waals surface area contributed by atoms with E-state index in [1.54, 1.807) is 18.2 Å². The lowest BCUT2D eigenvalue weighted by Gasteiger charge is -2.38. The minimum absolute atomic E-state index is 0.0594. The maximum Gasteiger partial charge on any atom is 0.441 e.